The highest BCUT2D eigenvalue weighted by Gasteiger charge is 2.00. The van der Waals surface area contributed by atoms with Gasteiger partial charge in [0.2, 0.25) is 0 Å². The van der Waals surface area contributed by atoms with Gasteiger partial charge in [0.25, 0.3) is 0 Å². The van der Waals surface area contributed by atoms with Crippen molar-refractivity contribution < 1.29 is 9.18 Å². The molecular formula is C13H15FN4O. The zero-order valence-electron chi connectivity index (χ0n) is 10.3. The van der Waals surface area contributed by atoms with Crippen molar-refractivity contribution in [2.75, 3.05) is 11.9 Å². The number of anilines is 1. The van der Waals surface area contributed by atoms with Crippen LogP contribution in [0, 0.1) is 5.82 Å². The highest BCUT2D eigenvalue weighted by molar-refractivity contribution is 5.89. The van der Waals surface area contributed by atoms with Crippen LogP contribution in [0.2, 0.25) is 0 Å². The first-order chi connectivity index (χ1) is 9.24. The molecule has 0 bridgehead atoms. The van der Waals surface area contributed by atoms with Gasteiger partial charge in [-0.05, 0) is 30.7 Å². The molecule has 6 heteroatoms. The van der Waals surface area contributed by atoms with E-state index in [1.165, 1.54) is 24.3 Å². The Morgan fingerprint density at radius 3 is 2.79 bits per heavy atom. The van der Waals surface area contributed by atoms with Gasteiger partial charge in [-0.2, -0.15) is 0 Å². The van der Waals surface area contributed by atoms with E-state index in [9.17, 15) is 9.18 Å². The molecule has 19 heavy (non-hydrogen) atoms. The summed E-state index contributed by atoms with van der Waals surface area (Å²) in [6, 6.07) is 5.33. The number of carbonyl (C=O) groups excluding carboxylic acids is 1. The highest BCUT2D eigenvalue weighted by atomic mass is 19.1. The quantitative estimate of drug-likeness (QED) is 0.812. The first-order valence-electron chi connectivity index (χ1n) is 6.00. The van der Waals surface area contributed by atoms with Crippen molar-refractivity contribution in [1.29, 1.82) is 0 Å². The van der Waals surface area contributed by atoms with Gasteiger partial charge in [0, 0.05) is 31.2 Å². The van der Waals surface area contributed by atoms with Gasteiger partial charge < -0.3 is 15.2 Å². The molecule has 2 amide bonds. The highest BCUT2D eigenvalue weighted by Crippen LogP contribution is 2.07. The Kier molecular flexibility index (Phi) is 4.49. The van der Waals surface area contributed by atoms with E-state index >= 15 is 0 Å². The maximum atomic E-state index is 12.7. The van der Waals surface area contributed by atoms with Gasteiger partial charge in [-0.25, -0.2) is 14.2 Å². The summed E-state index contributed by atoms with van der Waals surface area (Å²) in [6.45, 7) is 1.36. The van der Waals surface area contributed by atoms with Crippen molar-refractivity contribution in [3.63, 3.8) is 0 Å². The van der Waals surface area contributed by atoms with E-state index in [-0.39, 0.29) is 11.8 Å². The molecule has 0 atom stereocenters. The van der Waals surface area contributed by atoms with Crippen LogP contribution in [-0.4, -0.2) is 22.1 Å². The topological polar surface area (TPSA) is 59.0 Å². The van der Waals surface area contributed by atoms with Crippen LogP contribution in [0.25, 0.3) is 0 Å². The van der Waals surface area contributed by atoms with Crippen LogP contribution < -0.4 is 10.6 Å². The molecule has 0 aliphatic heterocycles. The second kappa shape index (κ2) is 6.53. The average molecular weight is 262 g/mol. The minimum atomic E-state index is -0.328. The molecule has 1 aromatic carbocycles. The minimum absolute atomic E-state index is 0.294. The molecule has 2 aromatic rings. The van der Waals surface area contributed by atoms with Crippen LogP contribution >= 0.6 is 0 Å². The fourth-order valence-corrected chi connectivity index (χ4v) is 1.59. The molecule has 100 valence electrons. The lowest BCUT2D eigenvalue weighted by Crippen LogP contribution is -2.30. The lowest BCUT2D eigenvalue weighted by Gasteiger charge is -2.07. The van der Waals surface area contributed by atoms with E-state index in [1.54, 1.807) is 12.5 Å². The summed E-state index contributed by atoms with van der Waals surface area (Å²) in [5, 5.41) is 5.36. The SMILES string of the molecule is O=C(NCCCn1ccnc1)Nc1ccc(F)cc1. The summed E-state index contributed by atoms with van der Waals surface area (Å²) in [4.78, 5) is 15.5. The second-order valence-corrected chi connectivity index (χ2v) is 4.04. The molecule has 0 aliphatic rings. The third-order valence-corrected chi connectivity index (χ3v) is 2.54. The number of urea groups is 1. The number of aryl methyl sites for hydroxylation is 1. The first-order valence-corrected chi connectivity index (χ1v) is 6.00. The van der Waals surface area contributed by atoms with Crippen molar-refractivity contribution in [3.8, 4) is 0 Å². The maximum Gasteiger partial charge on any atom is 0.319 e. The number of aromatic nitrogens is 2. The number of amides is 2. The van der Waals surface area contributed by atoms with Crippen molar-refractivity contribution in [3.05, 3.63) is 48.8 Å². The molecule has 0 aliphatic carbocycles. The van der Waals surface area contributed by atoms with E-state index in [1.807, 2.05) is 10.8 Å². The first kappa shape index (κ1) is 13.1. The van der Waals surface area contributed by atoms with Crippen LogP contribution in [-0.2, 0) is 6.54 Å². The van der Waals surface area contributed by atoms with Crippen LogP contribution in [0.3, 0.4) is 0 Å². The zero-order chi connectivity index (χ0) is 13.5. The smallest absolute Gasteiger partial charge is 0.319 e. The average Bonchev–Trinajstić information content (AvgIpc) is 2.91. The molecule has 2 N–H and O–H groups in total. The predicted molar refractivity (Wildman–Crippen MR) is 70.3 cm³/mol. The van der Waals surface area contributed by atoms with Gasteiger partial charge in [-0.3, -0.25) is 0 Å². The van der Waals surface area contributed by atoms with E-state index < -0.39 is 0 Å². The second-order valence-electron chi connectivity index (χ2n) is 4.04. The molecule has 0 unspecified atom stereocenters. The number of halogens is 1. The van der Waals surface area contributed by atoms with Gasteiger partial charge in [-0.1, -0.05) is 0 Å². The lowest BCUT2D eigenvalue weighted by atomic mass is 10.3. The van der Waals surface area contributed by atoms with Gasteiger partial charge in [0.05, 0.1) is 6.33 Å². The van der Waals surface area contributed by atoms with E-state index in [2.05, 4.69) is 15.6 Å². The number of carbonyl (C=O) groups is 1. The van der Waals surface area contributed by atoms with Gasteiger partial charge >= 0.3 is 6.03 Å². The van der Waals surface area contributed by atoms with Crippen LogP contribution in [0.4, 0.5) is 14.9 Å². The number of benzene rings is 1. The summed E-state index contributed by atoms with van der Waals surface area (Å²) < 4.78 is 14.6. The number of rotatable bonds is 5. The van der Waals surface area contributed by atoms with Gasteiger partial charge in [0.1, 0.15) is 5.82 Å². The molecule has 0 fully saturated rings. The Hall–Kier alpha value is -2.37. The maximum absolute atomic E-state index is 12.7. The Balaban J connectivity index is 1.65. The molecule has 1 aromatic heterocycles. The Bertz CT molecular complexity index is 510. The summed E-state index contributed by atoms with van der Waals surface area (Å²) in [7, 11) is 0. The molecular weight excluding hydrogens is 247 g/mol. The Labute approximate surface area is 110 Å². The molecule has 0 saturated heterocycles. The number of nitrogens with zero attached hydrogens (tertiary/aromatic N) is 2. The Morgan fingerprint density at radius 2 is 2.11 bits per heavy atom. The predicted octanol–water partition coefficient (Wildman–Crippen LogP) is 2.23. The molecule has 5 nitrogen and oxygen atoms in total. The molecule has 0 radical (unpaired) electrons. The summed E-state index contributed by atoms with van der Waals surface area (Å²) in [5.41, 5.74) is 0.563. The fraction of sp³-hybridized carbons (Fsp3) is 0.231. The summed E-state index contributed by atoms with van der Waals surface area (Å²) >= 11 is 0. The van der Waals surface area contributed by atoms with E-state index in [0.717, 1.165) is 13.0 Å². The normalized spacial score (nSPS) is 10.2. The van der Waals surface area contributed by atoms with E-state index in [0.29, 0.717) is 12.2 Å². The van der Waals surface area contributed by atoms with Crippen molar-refractivity contribution in [2.45, 2.75) is 13.0 Å². The minimum Gasteiger partial charge on any atom is -0.338 e. The van der Waals surface area contributed by atoms with E-state index in [4.69, 9.17) is 0 Å². The Morgan fingerprint density at radius 1 is 1.32 bits per heavy atom. The van der Waals surface area contributed by atoms with Crippen LogP contribution in [0.1, 0.15) is 6.42 Å². The molecule has 2 rings (SSSR count). The largest absolute Gasteiger partial charge is 0.338 e. The monoisotopic (exact) mass is 262 g/mol. The summed E-state index contributed by atoms with van der Waals surface area (Å²) in [5.74, 6) is -0.328. The lowest BCUT2D eigenvalue weighted by molar-refractivity contribution is 0.252. The standard InChI is InChI=1S/C13H15FN4O/c14-11-2-4-12(5-3-11)17-13(19)16-6-1-8-18-9-7-15-10-18/h2-5,7,9-10H,1,6,8H2,(H2,16,17,19). The van der Waals surface area contributed by atoms with Crippen molar-refractivity contribution in [2.24, 2.45) is 0 Å². The molecule has 1 heterocycles. The fourth-order valence-electron chi connectivity index (χ4n) is 1.59. The number of imidazole rings is 1. The van der Waals surface area contributed by atoms with Crippen LogP contribution in [0.15, 0.2) is 43.0 Å². The number of nitrogens with one attached hydrogen (secondary N) is 2. The molecule has 0 spiro atoms. The number of hydrogen-bond donors (Lipinski definition) is 2. The van der Waals surface area contributed by atoms with Crippen molar-refractivity contribution >= 4 is 11.7 Å². The summed E-state index contributed by atoms with van der Waals surface area (Å²) in [6.07, 6.45) is 6.14. The third-order valence-electron chi connectivity index (χ3n) is 2.54. The van der Waals surface area contributed by atoms with Gasteiger partial charge in [0.15, 0.2) is 0 Å². The third kappa shape index (κ3) is 4.42. The van der Waals surface area contributed by atoms with Crippen molar-refractivity contribution in [1.82, 2.24) is 14.9 Å². The van der Waals surface area contributed by atoms with Crippen LogP contribution in [0.5, 0.6) is 0 Å². The zero-order valence-corrected chi connectivity index (χ0v) is 10.3. The van der Waals surface area contributed by atoms with Gasteiger partial charge in [-0.15, -0.1) is 0 Å². The molecule has 0 saturated carbocycles. The number of hydrogen-bond acceptors (Lipinski definition) is 2.